The maximum Gasteiger partial charge on any atom is 0.493 e. The van der Waals surface area contributed by atoms with Crippen LogP contribution in [0.3, 0.4) is 0 Å². The first-order valence-corrected chi connectivity index (χ1v) is 10.5. The second-order valence-corrected chi connectivity index (χ2v) is 9.07. The summed E-state index contributed by atoms with van der Waals surface area (Å²) in [4.78, 5) is 12.9. The smallest absolute Gasteiger partial charge is 0.461 e. The number of esters is 1. The molecule has 2 heterocycles. The molecular formula is C13H25NO8Si2. The summed E-state index contributed by atoms with van der Waals surface area (Å²) in [6.45, 7) is 1.63. The molecule has 2 aliphatic heterocycles. The summed E-state index contributed by atoms with van der Waals surface area (Å²) in [5.74, 6) is -0.464. The van der Waals surface area contributed by atoms with Crippen LogP contribution >= 0.6 is 0 Å². The largest absolute Gasteiger partial charge is 0.493 e. The lowest BCUT2D eigenvalue weighted by Crippen LogP contribution is -2.61. The molecule has 9 nitrogen and oxygen atoms in total. The summed E-state index contributed by atoms with van der Waals surface area (Å²) >= 11 is 0. The fraction of sp³-hybridized carbons (Fsp3) is 0.923. The number of nitrogens with zero attached hydrogens (tertiary/aromatic N) is 1. The monoisotopic (exact) mass is 379 g/mol. The van der Waals surface area contributed by atoms with Gasteiger partial charge in [0, 0.05) is 34.9 Å². The van der Waals surface area contributed by atoms with Crippen LogP contribution in [-0.4, -0.2) is 95.5 Å². The summed E-state index contributed by atoms with van der Waals surface area (Å²) in [6.07, 6.45) is 1.42. The minimum atomic E-state index is -1.81. The summed E-state index contributed by atoms with van der Waals surface area (Å²) in [6, 6.07) is 0. The van der Waals surface area contributed by atoms with E-state index in [2.05, 4.69) is 0 Å². The number of carbonyl (C=O) groups excluding carboxylic acids is 1. The quantitative estimate of drug-likeness (QED) is 0.263. The van der Waals surface area contributed by atoms with Crippen molar-refractivity contribution in [2.75, 3.05) is 54.4 Å². The minimum Gasteiger partial charge on any atom is -0.461 e. The molecule has 0 N–H and O–H groups in total. The Morgan fingerprint density at radius 3 is 2.42 bits per heavy atom. The van der Waals surface area contributed by atoms with Gasteiger partial charge >= 0.3 is 24.7 Å². The van der Waals surface area contributed by atoms with Gasteiger partial charge in [0.15, 0.2) is 0 Å². The molecule has 138 valence electrons. The van der Waals surface area contributed by atoms with Crippen LogP contribution < -0.4 is 0 Å². The van der Waals surface area contributed by atoms with Crippen LogP contribution in [0.25, 0.3) is 0 Å². The topological polar surface area (TPSA) is 88.2 Å². The van der Waals surface area contributed by atoms with Crippen LogP contribution in [-0.2, 0) is 36.7 Å². The molecule has 2 saturated heterocycles. The number of hydrogen-bond donors (Lipinski definition) is 0. The van der Waals surface area contributed by atoms with Gasteiger partial charge in [0.2, 0.25) is 5.72 Å². The third-order valence-electron chi connectivity index (χ3n) is 3.91. The van der Waals surface area contributed by atoms with E-state index in [1.807, 2.05) is 4.57 Å². The predicted octanol–water partition coefficient (Wildman–Crippen LogP) is -0.665. The summed E-state index contributed by atoms with van der Waals surface area (Å²) in [5, 5.41) is 0. The molecule has 0 bridgehead atoms. The molecule has 2 aliphatic rings. The molecule has 2 rings (SSSR count). The fourth-order valence-electron chi connectivity index (χ4n) is 2.59. The van der Waals surface area contributed by atoms with Crippen LogP contribution in [0.5, 0.6) is 0 Å². The first kappa shape index (κ1) is 19.9. The van der Waals surface area contributed by atoms with Gasteiger partial charge in [0.1, 0.15) is 12.3 Å². The Hall–Kier alpha value is -0.376. The molecule has 0 spiro atoms. The summed E-state index contributed by atoms with van der Waals surface area (Å²) in [7, 11) is 2.73. The minimum absolute atomic E-state index is 0.0375. The van der Waals surface area contributed by atoms with Crippen molar-refractivity contribution in [3.05, 3.63) is 0 Å². The number of hydrogen-bond acceptors (Lipinski definition) is 9. The number of rotatable bonds is 11. The van der Waals surface area contributed by atoms with E-state index >= 15 is 0 Å². The Balaban J connectivity index is 2.10. The first-order valence-electron chi connectivity index (χ1n) is 7.70. The van der Waals surface area contributed by atoms with Crippen LogP contribution in [0.1, 0.15) is 12.8 Å². The second kappa shape index (κ2) is 9.36. The third kappa shape index (κ3) is 4.62. The van der Waals surface area contributed by atoms with E-state index in [9.17, 15) is 4.79 Å². The van der Waals surface area contributed by atoms with Gasteiger partial charge in [-0.1, -0.05) is 0 Å². The molecule has 0 saturated carbocycles. The van der Waals surface area contributed by atoms with E-state index in [4.69, 9.17) is 31.9 Å². The molecule has 0 aromatic rings. The lowest BCUT2D eigenvalue weighted by Gasteiger charge is -2.37. The molecule has 0 aromatic carbocycles. The highest BCUT2D eigenvalue weighted by Crippen LogP contribution is 2.34. The zero-order valence-corrected chi connectivity index (χ0v) is 16.5. The van der Waals surface area contributed by atoms with E-state index < -0.39 is 30.4 Å². The van der Waals surface area contributed by atoms with Crippen LogP contribution in [0.4, 0.5) is 0 Å². The maximum atomic E-state index is 12.9. The lowest BCUT2D eigenvalue weighted by atomic mass is 10.1. The van der Waals surface area contributed by atoms with Gasteiger partial charge in [-0.3, -0.25) is 0 Å². The molecule has 2 radical (unpaired) electrons. The van der Waals surface area contributed by atoms with Gasteiger partial charge in [-0.05, 0) is 13.0 Å². The highest BCUT2D eigenvalue weighted by molar-refractivity contribution is 6.44. The first-order chi connectivity index (χ1) is 11.6. The molecule has 24 heavy (non-hydrogen) atoms. The SMILES string of the molecule is CO[Si](COC(=O)C1(OCC2CO2)CCCN1[Si](OC)OC)OC. The van der Waals surface area contributed by atoms with Gasteiger partial charge in [-0.2, -0.15) is 0 Å². The van der Waals surface area contributed by atoms with Crippen molar-refractivity contribution in [2.45, 2.75) is 24.7 Å². The Morgan fingerprint density at radius 2 is 1.88 bits per heavy atom. The summed E-state index contributed by atoms with van der Waals surface area (Å²) in [5.41, 5.74) is -1.21. The molecule has 0 aliphatic carbocycles. The predicted molar refractivity (Wildman–Crippen MR) is 84.9 cm³/mol. The number of epoxide rings is 1. The summed E-state index contributed by atoms with van der Waals surface area (Å²) < 4.78 is 39.6. The van der Waals surface area contributed by atoms with Crippen LogP contribution in [0, 0.1) is 0 Å². The number of carbonyl (C=O) groups is 1. The number of ether oxygens (including phenoxy) is 3. The Morgan fingerprint density at radius 1 is 1.21 bits per heavy atom. The van der Waals surface area contributed by atoms with Gasteiger partial charge in [-0.15, -0.1) is 0 Å². The molecule has 2 atom stereocenters. The molecule has 0 amide bonds. The molecule has 2 unspecified atom stereocenters. The lowest BCUT2D eigenvalue weighted by molar-refractivity contribution is -0.189. The molecular weight excluding hydrogens is 354 g/mol. The van der Waals surface area contributed by atoms with E-state index in [-0.39, 0.29) is 12.3 Å². The van der Waals surface area contributed by atoms with Crippen molar-refractivity contribution in [1.29, 1.82) is 0 Å². The average Bonchev–Trinajstić information content (AvgIpc) is 3.34. The Kier molecular flexibility index (Phi) is 7.77. The highest BCUT2D eigenvalue weighted by atomic mass is 28.3. The zero-order valence-electron chi connectivity index (χ0n) is 14.5. The standard InChI is InChI=1S/C13H25NO8Si2/c1-16-23(17-2)10-21-12(15)13(22-9-11-8-20-11)6-5-7-14(13)24(18-3)19-4/h11H,5-10H2,1-4H3. The normalized spacial score (nSPS) is 27.2. The van der Waals surface area contributed by atoms with Crippen molar-refractivity contribution < 1.29 is 36.7 Å². The van der Waals surface area contributed by atoms with E-state index in [1.165, 1.54) is 14.2 Å². The average molecular weight is 380 g/mol. The Labute approximate surface area is 145 Å². The van der Waals surface area contributed by atoms with E-state index in [0.29, 0.717) is 26.2 Å². The fourth-order valence-corrected chi connectivity index (χ4v) is 4.75. The van der Waals surface area contributed by atoms with Gasteiger partial charge in [0.05, 0.1) is 13.2 Å². The van der Waals surface area contributed by atoms with Crippen molar-refractivity contribution in [3.8, 4) is 0 Å². The molecule has 0 aromatic heterocycles. The van der Waals surface area contributed by atoms with Crippen molar-refractivity contribution in [2.24, 2.45) is 0 Å². The van der Waals surface area contributed by atoms with Crippen molar-refractivity contribution >= 4 is 24.7 Å². The van der Waals surface area contributed by atoms with Crippen molar-refractivity contribution in [1.82, 2.24) is 4.57 Å². The zero-order chi connectivity index (χ0) is 17.6. The van der Waals surface area contributed by atoms with Gasteiger partial charge < -0.3 is 31.9 Å². The van der Waals surface area contributed by atoms with Gasteiger partial charge in [-0.25, -0.2) is 9.36 Å². The highest BCUT2D eigenvalue weighted by Gasteiger charge is 2.55. The van der Waals surface area contributed by atoms with E-state index in [0.717, 1.165) is 6.42 Å². The third-order valence-corrected chi connectivity index (χ3v) is 6.92. The van der Waals surface area contributed by atoms with Gasteiger partial charge in [0.25, 0.3) is 0 Å². The van der Waals surface area contributed by atoms with Crippen LogP contribution in [0.15, 0.2) is 0 Å². The maximum absolute atomic E-state index is 12.9. The van der Waals surface area contributed by atoms with E-state index in [1.54, 1.807) is 14.2 Å². The Bertz CT molecular complexity index is 405. The molecule has 2 fully saturated rings. The molecule has 11 heteroatoms. The van der Waals surface area contributed by atoms with Crippen molar-refractivity contribution in [3.63, 3.8) is 0 Å². The van der Waals surface area contributed by atoms with Crippen LogP contribution in [0.2, 0.25) is 0 Å². The second-order valence-electron chi connectivity index (χ2n) is 5.34.